The van der Waals surface area contributed by atoms with E-state index in [0.717, 1.165) is 30.4 Å². The zero-order valence-electron chi connectivity index (χ0n) is 17.2. The van der Waals surface area contributed by atoms with Crippen molar-refractivity contribution in [2.45, 2.75) is 44.9 Å². The number of sulfonamides is 1. The Balaban J connectivity index is 1.92. The summed E-state index contributed by atoms with van der Waals surface area (Å²) >= 11 is 0. The lowest BCUT2D eigenvalue weighted by Gasteiger charge is -2.26. The molecule has 1 fully saturated rings. The Morgan fingerprint density at radius 1 is 1.03 bits per heavy atom. The van der Waals surface area contributed by atoms with Gasteiger partial charge in [-0.15, -0.1) is 0 Å². The summed E-state index contributed by atoms with van der Waals surface area (Å²) in [6.45, 7) is 7.24. The normalized spacial score (nSPS) is 15.1. The molecule has 0 aromatic heterocycles. The third-order valence-corrected chi connectivity index (χ3v) is 7.12. The number of piperidine rings is 1. The summed E-state index contributed by atoms with van der Waals surface area (Å²) in [5.41, 5.74) is 2.99. The molecule has 2 aromatic rings. The Hall–Kier alpha value is -2.38. The second-order valence-corrected chi connectivity index (χ2v) is 9.25. The van der Waals surface area contributed by atoms with Gasteiger partial charge in [-0.25, -0.2) is 8.42 Å². The van der Waals surface area contributed by atoms with Gasteiger partial charge in [0, 0.05) is 18.7 Å². The van der Waals surface area contributed by atoms with Crippen molar-refractivity contribution in [3.63, 3.8) is 0 Å². The molecule has 1 heterocycles. The molecule has 6 nitrogen and oxygen atoms in total. The Labute approximate surface area is 172 Å². The van der Waals surface area contributed by atoms with Crippen LogP contribution in [0.1, 0.15) is 47.7 Å². The van der Waals surface area contributed by atoms with Gasteiger partial charge in [0.15, 0.2) is 0 Å². The van der Waals surface area contributed by atoms with Crippen molar-refractivity contribution >= 4 is 21.6 Å². The van der Waals surface area contributed by atoms with Crippen LogP contribution in [-0.4, -0.2) is 38.3 Å². The van der Waals surface area contributed by atoms with Gasteiger partial charge in [0.2, 0.25) is 10.0 Å². The van der Waals surface area contributed by atoms with Crippen molar-refractivity contribution in [2.75, 3.05) is 25.0 Å². The molecule has 0 radical (unpaired) electrons. The lowest BCUT2D eigenvalue weighted by atomic mass is 10.1. The molecule has 0 unspecified atom stereocenters. The number of hydrogen-bond donors (Lipinski definition) is 1. The maximum atomic E-state index is 13.0. The SMILES string of the molecule is CCOc1ccc(S(=O)(=O)N2CCCCC2)cc1NC(=O)c1ccc(C)c(C)c1. The molecule has 1 aliphatic heterocycles. The molecule has 156 valence electrons. The number of ether oxygens (including phenoxy) is 1. The molecule has 0 spiro atoms. The molecule has 1 aliphatic rings. The van der Waals surface area contributed by atoms with Crippen LogP contribution in [0.4, 0.5) is 5.69 Å². The Morgan fingerprint density at radius 2 is 1.76 bits per heavy atom. The number of nitrogens with zero attached hydrogens (tertiary/aromatic N) is 1. The first-order valence-corrected chi connectivity index (χ1v) is 11.4. The van der Waals surface area contributed by atoms with E-state index in [-0.39, 0.29) is 10.8 Å². The van der Waals surface area contributed by atoms with E-state index in [0.29, 0.717) is 36.7 Å². The summed E-state index contributed by atoms with van der Waals surface area (Å²) in [6.07, 6.45) is 2.78. The van der Waals surface area contributed by atoms with Gasteiger partial charge in [-0.05, 0) is 75.1 Å². The fraction of sp³-hybridized carbons (Fsp3) is 0.409. The summed E-state index contributed by atoms with van der Waals surface area (Å²) < 4.78 is 33.2. The lowest BCUT2D eigenvalue weighted by molar-refractivity contribution is 0.102. The molecule has 1 saturated heterocycles. The molecule has 7 heteroatoms. The number of rotatable bonds is 6. The Kier molecular flexibility index (Phi) is 6.59. The molecule has 29 heavy (non-hydrogen) atoms. The largest absolute Gasteiger partial charge is 0.492 e. The molecule has 3 rings (SSSR count). The lowest BCUT2D eigenvalue weighted by Crippen LogP contribution is -2.35. The average molecular weight is 417 g/mol. The first-order valence-electron chi connectivity index (χ1n) is 9.98. The van der Waals surface area contributed by atoms with Crippen LogP contribution in [0.2, 0.25) is 0 Å². The maximum Gasteiger partial charge on any atom is 0.255 e. The second kappa shape index (κ2) is 8.97. The van der Waals surface area contributed by atoms with E-state index in [1.165, 1.54) is 10.4 Å². The molecule has 0 atom stereocenters. The number of anilines is 1. The van der Waals surface area contributed by atoms with Crippen LogP contribution in [0.3, 0.4) is 0 Å². The predicted octanol–water partition coefficient (Wildman–Crippen LogP) is 4.13. The molecule has 0 bridgehead atoms. The minimum Gasteiger partial charge on any atom is -0.492 e. The van der Waals surface area contributed by atoms with Crippen LogP contribution in [0.15, 0.2) is 41.3 Å². The monoisotopic (exact) mass is 416 g/mol. The molecular formula is C22H28N2O4S. The second-order valence-electron chi connectivity index (χ2n) is 7.31. The topological polar surface area (TPSA) is 75.7 Å². The predicted molar refractivity (Wildman–Crippen MR) is 114 cm³/mol. The summed E-state index contributed by atoms with van der Waals surface area (Å²) in [7, 11) is -3.60. The summed E-state index contributed by atoms with van der Waals surface area (Å²) in [5.74, 6) is 0.142. The van der Waals surface area contributed by atoms with Crippen LogP contribution >= 0.6 is 0 Å². The third kappa shape index (κ3) is 4.79. The number of benzene rings is 2. The number of nitrogens with one attached hydrogen (secondary N) is 1. The summed E-state index contributed by atoms with van der Waals surface area (Å²) in [4.78, 5) is 12.9. The van der Waals surface area contributed by atoms with Crippen molar-refractivity contribution in [1.29, 1.82) is 0 Å². The van der Waals surface area contributed by atoms with E-state index in [1.54, 1.807) is 18.2 Å². The molecule has 2 aromatic carbocycles. The van der Waals surface area contributed by atoms with Crippen molar-refractivity contribution in [1.82, 2.24) is 4.31 Å². The Morgan fingerprint density at radius 3 is 2.41 bits per heavy atom. The van der Waals surface area contributed by atoms with Gasteiger partial charge in [-0.1, -0.05) is 12.5 Å². The highest BCUT2D eigenvalue weighted by molar-refractivity contribution is 7.89. The summed E-state index contributed by atoms with van der Waals surface area (Å²) in [5, 5.41) is 2.83. The van der Waals surface area contributed by atoms with E-state index in [1.807, 2.05) is 32.9 Å². The van der Waals surface area contributed by atoms with E-state index in [2.05, 4.69) is 5.32 Å². The van der Waals surface area contributed by atoms with Crippen LogP contribution in [-0.2, 0) is 10.0 Å². The van der Waals surface area contributed by atoms with Crippen LogP contribution < -0.4 is 10.1 Å². The van der Waals surface area contributed by atoms with Gasteiger partial charge in [-0.2, -0.15) is 4.31 Å². The van der Waals surface area contributed by atoms with Gasteiger partial charge in [0.1, 0.15) is 5.75 Å². The quantitative estimate of drug-likeness (QED) is 0.768. The van der Waals surface area contributed by atoms with Crippen LogP contribution in [0, 0.1) is 13.8 Å². The number of aryl methyl sites for hydroxylation is 2. The Bertz CT molecular complexity index is 996. The molecular weight excluding hydrogens is 388 g/mol. The fourth-order valence-corrected chi connectivity index (χ4v) is 4.92. The minimum absolute atomic E-state index is 0.165. The number of carbonyl (C=O) groups is 1. The minimum atomic E-state index is -3.60. The zero-order chi connectivity index (χ0) is 21.0. The van der Waals surface area contributed by atoms with Crippen molar-refractivity contribution in [3.05, 3.63) is 53.1 Å². The highest BCUT2D eigenvalue weighted by Gasteiger charge is 2.27. The fourth-order valence-electron chi connectivity index (χ4n) is 3.38. The average Bonchev–Trinajstić information content (AvgIpc) is 2.72. The third-order valence-electron chi connectivity index (χ3n) is 5.22. The number of amides is 1. The van der Waals surface area contributed by atoms with Gasteiger partial charge in [0.05, 0.1) is 17.2 Å². The smallest absolute Gasteiger partial charge is 0.255 e. The van der Waals surface area contributed by atoms with E-state index in [9.17, 15) is 13.2 Å². The van der Waals surface area contributed by atoms with Gasteiger partial charge in [0.25, 0.3) is 5.91 Å². The van der Waals surface area contributed by atoms with Gasteiger partial charge >= 0.3 is 0 Å². The van der Waals surface area contributed by atoms with Gasteiger partial charge in [-0.3, -0.25) is 4.79 Å². The summed E-state index contributed by atoms with van der Waals surface area (Å²) in [6, 6.07) is 10.1. The van der Waals surface area contributed by atoms with Crippen molar-refractivity contribution < 1.29 is 17.9 Å². The van der Waals surface area contributed by atoms with E-state index < -0.39 is 10.0 Å². The van der Waals surface area contributed by atoms with Crippen molar-refractivity contribution in [3.8, 4) is 5.75 Å². The van der Waals surface area contributed by atoms with Gasteiger partial charge < -0.3 is 10.1 Å². The molecule has 0 saturated carbocycles. The highest BCUT2D eigenvalue weighted by Crippen LogP contribution is 2.30. The zero-order valence-corrected chi connectivity index (χ0v) is 18.0. The van der Waals surface area contributed by atoms with Crippen LogP contribution in [0.5, 0.6) is 5.75 Å². The number of hydrogen-bond acceptors (Lipinski definition) is 4. The maximum absolute atomic E-state index is 13.0. The molecule has 1 amide bonds. The standard InChI is InChI=1S/C22H28N2O4S/c1-4-28-21-11-10-19(29(26,27)24-12-6-5-7-13-24)15-20(21)23-22(25)18-9-8-16(2)17(3)14-18/h8-11,14-15H,4-7,12-13H2,1-3H3,(H,23,25). The van der Waals surface area contributed by atoms with Crippen LogP contribution in [0.25, 0.3) is 0 Å². The molecule has 1 N–H and O–H groups in total. The van der Waals surface area contributed by atoms with E-state index in [4.69, 9.17) is 4.74 Å². The van der Waals surface area contributed by atoms with Crippen molar-refractivity contribution in [2.24, 2.45) is 0 Å². The first-order chi connectivity index (χ1) is 13.8. The molecule has 0 aliphatic carbocycles. The number of carbonyl (C=O) groups excluding carboxylic acids is 1. The highest BCUT2D eigenvalue weighted by atomic mass is 32.2. The van der Waals surface area contributed by atoms with E-state index >= 15 is 0 Å². The first kappa shape index (κ1) is 21.3.